The zero-order valence-corrected chi connectivity index (χ0v) is 37.7. The molecule has 5 aliphatic heterocycles. The summed E-state index contributed by atoms with van der Waals surface area (Å²) in [5.74, 6) is -1.33. The van der Waals surface area contributed by atoms with Crippen molar-refractivity contribution in [3.8, 4) is 5.75 Å². The van der Waals surface area contributed by atoms with E-state index in [1.807, 2.05) is 32.9 Å². The summed E-state index contributed by atoms with van der Waals surface area (Å²) in [5, 5.41) is 0.427. The molecule has 1 saturated heterocycles. The van der Waals surface area contributed by atoms with Gasteiger partial charge in [-0.05, 0) is 81.2 Å². The number of halogens is 6. The number of fused-ring (bicyclic) bond motifs is 3. The first-order chi connectivity index (χ1) is 30.4. The number of anilines is 1. The molecule has 1 unspecified atom stereocenters. The molecule has 2 aromatic rings. The summed E-state index contributed by atoms with van der Waals surface area (Å²) in [5.41, 5.74) is -0.206. The number of benzene rings is 2. The lowest BCUT2D eigenvalue weighted by atomic mass is 9.73. The molecular formula is C47H54F6N3O8S+. The number of hydrogen-bond acceptors (Lipinski definition) is 8. The first-order valence-corrected chi connectivity index (χ1v) is 23.7. The van der Waals surface area contributed by atoms with E-state index in [0.29, 0.717) is 16.9 Å². The Morgan fingerprint density at radius 1 is 0.923 bits per heavy atom. The second kappa shape index (κ2) is 18.0. The summed E-state index contributed by atoms with van der Waals surface area (Å²) in [7, 11) is -4.41. The fraction of sp³-hybridized carbons (Fsp3) is 0.532. The van der Waals surface area contributed by atoms with Crippen LogP contribution in [0.1, 0.15) is 132 Å². The molecule has 1 fully saturated rings. The van der Waals surface area contributed by atoms with Gasteiger partial charge in [-0.25, -0.2) is 4.79 Å². The van der Waals surface area contributed by atoms with Gasteiger partial charge in [0.2, 0.25) is 5.69 Å². The largest absolute Gasteiger partial charge is 0.460 e. The van der Waals surface area contributed by atoms with E-state index in [2.05, 4.69) is 11.0 Å². The molecule has 1 N–H and O–H groups in total. The second-order valence-electron chi connectivity index (χ2n) is 18.7. The maximum atomic E-state index is 15.1. The van der Waals surface area contributed by atoms with Crippen LogP contribution in [0.15, 0.2) is 48.3 Å². The molecule has 2 aromatic carbocycles. The third-order valence-corrected chi connectivity index (χ3v) is 13.6. The average molecular weight is 935 g/mol. The van der Waals surface area contributed by atoms with Gasteiger partial charge in [-0.15, -0.1) is 5.06 Å². The second-order valence-corrected chi connectivity index (χ2v) is 20.2. The predicted octanol–water partition coefficient (Wildman–Crippen LogP) is 9.97. The molecule has 5 aliphatic rings. The van der Waals surface area contributed by atoms with E-state index in [1.165, 1.54) is 15.8 Å². The molecule has 0 radical (unpaired) electrons. The highest BCUT2D eigenvalue weighted by Gasteiger charge is 2.54. The molecule has 11 nitrogen and oxygen atoms in total. The summed E-state index contributed by atoms with van der Waals surface area (Å²) in [6.07, 6.45) is 0.440. The zero-order valence-electron chi connectivity index (χ0n) is 36.9. The zero-order chi connectivity index (χ0) is 47.3. The van der Waals surface area contributed by atoms with Crippen molar-refractivity contribution in [3.63, 3.8) is 0 Å². The van der Waals surface area contributed by atoms with Crippen molar-refractivity contribution >= 4 is 50.6 Å². The number of carbonyl (C=O) groups excluding carboxylic acids is 3. The highest BCUT2D eigenvalue weighted by atomic mass is 32.2. The Kier molecular flexibility index (Phi) is 13.3. The number of imide groups is 1. The number of hydroxylamine groups is 2. The van der Waals surface area contributed by atoms with Crippen LogP contribution in [-0.2, 0) is 59.9 Å². The van der Waals surface area contributed by atoms with Gasteiger partial charge in [0.05, 0.1) is 27.9 Å². The van der Waals surface area contributed by atoms with E-state index < -0.39 is 68.0 Å². The maximum absolute atomic E-state index is 15.1. The molecule has 5 heterocycles. The van der Waals surface area contributed by atoms with Gasteiger partial charge in [-0.1, -0.05) is 45.8 Å². The summed E-state index contributed by atoms with van der Waals surface area (Å²) in [6, 6.07) is 2.97. The number of alkyl halides is 6. The molecule has 1 atom stereocenters. The van der Waals surface area contributed by atoms with Crippen molar-refractivity contribution in [3.05, 3.63) is 81.6 Å². The number of amides is 2. The highest BCUT2D eigenvalue weighted by Crippen LogP contribution is 2.53. The lowest BCUT2D eigenvalue weighted by Gasteiger charge is -2.40. The van der Waals surface area contributed by atoms with Crippen molar-refractivity contribution in [2.24, 2.45) is 5.41 Å². The lowest BCUT2D eigenvalue weighted by Crippen LogP contribution is -2.35. The quantitative estimate of drug-likeness (QED) is 0.0646. The van der Waals surface area contributed by atoms with Crippen LogP contribution in [0.3, 0.4) is 0 Å². The van der Waals surface area contributed by atoms with Crippen LogP contribution in [0, 0.1) is 5.41 Å². The molecule has 0 bridgehead atoms. The molecule has 0 aliphatic carbocycles. The number of unbranched alkanes of at least 4 members (excludes halogenated alkanes) is 3. The van der Waals surface area contributed by atoms with E-state index in [9.17, 15) is 40.5 Å². The van der Waals surface area contributed by atoms with Crippen molar-refractivity contribution in [1.82, 2.24) is 5.06 Å². The van der Waals surface area contributed by atoms with E-state index in [0.717, 1.165) is 61.2 Å². The van der Waals surface area contributed by atoms with Gasteiger partial charge in [-0.2, -0.15) is 39.3 Å². The van der Waals surface area contributed by atoms with Gasteiger partial charge in [-0.3, -0.25) is 14.1 Å². The number of aryl methyl sites for hydroxylation is 1. The van der Waals surface area contributed by atoms with Gasteiger partial charge in [0.25, 0.3) is 21.9 Å². The topological polar surface area (TPSA) is 134 Å². The molecule has 2 amide bonds. The van der Waals surface area contributed by atoms with Crippen molar-refractivity contribution in [2.45, 2.75) is 129 Å². The first-order valence-electron chi connectivity index (χ1n) is 22.1. The number of allylic oxidation sites excluding steroid dienone is 6. The maximum Gasteiger partial charge on any atom is 0.416 e. The van der Waals surface area contributed by atoms with Crippen molar-refractivity contribution in [1.29, 1.82) is 0 Å². The molecule has 7 rings (SSSR count). The van der Waals surface area contributed by atoms with Crippen LogP contribution >= 0.6 is 0 Å². The Hall–Kier alpha value is -4.97. The number of nitrogens with zero attached hydrogens (tertiary/aromatic N) is 3. The molecule has 0 saturated carbocycles. The molecule has 352 valence electrons. The van der Waals surface area contributed by atoms with Gasteiger partial charge >= 0.3 is 18.3 Å². The predicted molar refractivity (Wildman–Crippen MR) is 230 cm³/mol. The van der Waals surface area contributed by atoms with Crippen LogP contribution < -0.4 is 9.64 Å². The molecule has 65 heavy (non-hydrogen) atoms. The summed E-state index contributed by atoms with van der Waals surface area (Å²) in [6.45, 7) is 9.34. The van der Waals surface area contributed by atoms with E-state index in [1.54, 1.807) is 19.1 Å². The Morgan fingerprint density at radius 2 is 1.62 bits per heavy atom. The molecular weight excluding hydrogens is 881 g/mol. The van der Waals surface area contributed by atoms with Gasteiger partial charge in [0.15, 0.2) is 5.71 Å². The number of rotatable bonds is 14. The smallest absolute Gasteiger partial charge is 0.416 e. The minimum absolute atomic E-state index is 0.0111. The first kappa shape index (κ1) is 48.0. The van der Waals surface area contributed by atoms with E-state index in [-0.39, 0.29) is 87.4 Å². The summed E-state index contributed by atoms with van der Waals surface area (Å²) in [4.78, 5) is 43.7. The Morgan fingerprint density at radius 3 is 2.26 bits per heavy atom. The van der Waals surface area contributed by atoms with Gasteiger partial charge < -0.3 is 14.5 Å². The normalized spacial score (nSPS) is 20.7. The van der Waals surface area contributed by atoms with Crippen LogP contribution in [0.25, 0.3) is 5.57 Å². The Bertz CT molecular complexity index is 2500. The third kappa shape index (κ3) is 10.2. The highest BCUT2D eigenvalue weighted by molar-refractivity contribution is 7.85. The van der Waals surface area contributed by atoms with Gasteiger partial charge in [0.1, 0.15) is 18.1 Å². The summed E-state index contributed by atoms with van der Waals surface area (Å²) >= 11 is 0. The van der Waals surface area contributed by atoms with Crippen molar-refractivity contribution in [2.75, 3.05) is 30.3 Å². The lowest BCUT2D eigenvalue weighted by molar-refractivity contribution is -0.438. The molecule has 0 spiro atoms. The van der Waals surface area contributed by atoms with Crippen LogP contribution in [0.5, 0.6) is 5.75 Å². The Labute approximate surface area is 374 Å². The minimum atomic E-state index is -5.21. The molecule has 0 aromatic heterocycles. The van der Waals surface area contributed by atoms with Crippen LogP contribution in [0.4, 0.5) is 37.7 Å². The standard InChI is InChI=1S/C47H53F6N3O8S/c1-44(2,3)37-26-29(33-25-30-14-11-21-54-22-12-15-32(42(30)54)43(33)63-37)13-10-16-36-45(4,20-7-5-6-17-40(59)64-56-38(57)18-19-39(56)58)41-34(47(51,52)53)27-31(46(48,49)50)28-35(41)55(36)23-8-9-24-65(60,61)62/h10,13,16,25-28H,5-9,11-12,14-15,17-24H2,1-4H3/p+1. The SMILES string of the molecule is CC(C)(C)C1=CC(=CC=CC2=[N+](CCCCS(=O)(=O)O)c3cc(C(F)(F)F)cc(C(F)(F)F)c3C2(C)CCCCCC(=O)ON2C(=O)CCC2=O)c2cc3c4c(c2O1)CCCN4CCC3. The van der Waals surface area contributed by atoms with Crippen LogP contribution in [0.2, 0.25) is 0 Å². The monoisotopic (exact) mass is 934 g/mol. The summed E-state index contributed by atoms with van der Waals surface area (Å²) < 4.78 is 129. The minimum Gasteiger partial charge on any atom is -0.460 e. The number of hydrogen-bond donors (Lipinski definition) is 1. The van der Waals surface area contributed by atoms with E-state index in [4.69, 9.17) is 9.57 Å². The average Bonchev–Trinajstić information content (AvgIpc) is 3.65. The van der Waals surface area contributed by atoms with Gasteiger partial charge in [0, 0.05) is 73.1 Å². The number of carbonyl (C=O) groups is 3. The van der Waals surface area contributed by atoms with E-state index >= 15 is 13.2 Å². The fourth-order valence-electron chi connectivity index (χ4n) is 9.69. The number of ether oxygens (including phenoxy) is 1. The fourth-order valence-corrected chi connectivity index (χ4v) is 10.3. The van der Waals surface area contributed by atoms with Crippen LogP contribution in [-0.4, -0.2) is 71.5 Å². The molecule has 18 heteroatoms. The Balaban J connectivity index is 1.31. The van der Waals surface area contributed by atoms with Crippen molar-refractivity contribution < 1.29 is 67.8 Å². The third-order valence-electron chi connectivity index (χ3n) is 12.8.